The van der Waals surface area contributed by atoms with Gasteiger partial charge in [0, 0.05) is 37.2 Å². The number of methoxy groups -OCH3 is 1. The van der Waals surface area contributed by atoms with Crippen molar-refractivity contribution < 1.29 is 26.7 Å². The Hall–Kier alpha value is -3.05. The smallest absolute Gasteiger partial charge is 0.434 e. The van der Waals surface area contributed by atoms with Gasteiger partial charge in [0.15, 0.2) is 11.3 Å². The zero-order valence-corrected chi connectivity index (χ0v) is 15.0. The van der Waals surface area contributed by atoms with Crippen LogP contribution in [0.1, 0.15) is 18.5 Å². The molecule has 1 aliphatic carbocycles. The summed E-state index contributed by atoms with van der Waals surface area (Å²) < 4.78 is 73.7. The van der Waals surface area contributed by atoms with Gasteiger partial charge in [-0.15, -0.1) is 0 Å². The second kappa shape index (κ2) is 6.49. The number of halogens is 5. The van der Waals surface area contributed by atoms with Crippen molar-refractivity contribution in [3.8, 4) is 16.9 Å². The van der Waals surface area contributed by atoms with E-state index in [1.165, 1.54) is 24.2 Å². The average molecular weight is 415 g/mol. The Labute approximate surface area is 159 Å². The minimum absolute atomic E-state index is 0.118. The van der Waals surface area contributed by atoms with Crippen LogP contribution in [0.3, 0.4) is 0 Å². The molecule has 0 amide bonds. The van der Waals surface area contributed by atoms with Crippen LogP contribution in [-0.2, 0) is 12.7 Å². The highest BCUT2D eigenvalue weighted by molar-refractivity contribution is 5.66. The quantitative estimate of drug-likeness (QED) is 0.613. The van der Waals surface area contributed by atoms with E-state index in [0.29, 0.717) is 0 Å². The van der Waals surface area contributed by atoms with E-state index in [2.05, 4.69) is 15.2 Å². The van der Waals surface area contributed by atoms with Gasteiger partial charge in [-0.3, -0.25) is 9.48 Å². The molecule has 0 spiro atoms. The molecule has 0 aliphatic heterocycles. The largest absolute Gasteiger partial charge is 0.495 e. The molecule has 4 rings (SSSR count). The topological polar surface area (TPSA) is 74.3 Å². The van der Waals surface area contributed by atoms with Crippen molar-refractivity contribution in [1.29, 1.82) is 0 Å². The number of alkyl halides is 5. The molecule has 12 heteroatoms. The fourth-order valence-corrected chi connectivity index (χ4v) is 3.36. The number of fused-ring (bicyclic) bond motifs is 1. The van der Waals surface area contributed by atoms with Crippen LogP contribution in [0.15, 0.2) is 29.5 Å². The molecule has 0 aromatic carbocycles. The summed E-state index contributed by atoms with van der Waals surface area (Å²) >= 11 is 0. The van der Waals surface area contributed by atoms with Crippen LogP contribution in [-0.4, -0.2) is 37.4 Å². The molecule has 3 aromatic rings. The minimum Gasteiger partial charge on any atom is -0.495 e. The maximum atomic E-state index is 13.6. The Balaban J connectivity index is 1.78. The molecule has 0 saturated heterocycles. The van der Waals surface area contributed by atoms with Gasteiger partial charge in [0.2, 0.25) is 5.92 Å². The predicted molar refractivity (Wildman–Crippen MR) is 89.7 cm³/mol. The predicted octanol–water partition coefficient (Wildman–Crippen LogP) is 3.03. The maximum absolute atomic E-state index is 13.6. The van der Waals surface area contributed by atoms with Gasteiger partial charge in [-0.2, -0.15) is 27.9 Å². The van der Waals surface area contributed by atoms with Crippen molar-refractivity contribution >= 4 is 5.65 Å². The maximum Gasteiger partial charge on any atom is 0.434 e. The fourth-order valence-electron chi connectivity index (χ4n) is 3.36. The van der Waals surface area contributed by atoms with E-state index in [0.717, 1.165) is 16.8 Å². The number of hydrogen-bond acceptors (Lipinski definition) is 5. The van der Waals surface area contributed by atoms with Gasteiger partial charge in [0.25, 0.3) is 5.56 Å². The number of ether oxygens (including phenoxy) is 1. The average Bonchev–Trinajstić information content (AvgIpc) is 3.06. The first-order valence-electron chi connectivity index (χ1n) is 8.52. The molecule has 1 fully saturated rings. The fraction of sp³-hybridized carbons (Fsp3) is 0.412. The summed E-state index contributed by atoms with van der Waals surface area (Å²) in [6.07, 6.45) is -2.04. The van der Waals surface area contributed by atoms with Crippen molar-refractivity contribution in [3.63, 3.8) is 0 Å². The Kier molecular flexibility index (Phi) is 4.32. The zero-order valence-electron chi connectivity index (χ0n) is 15.0. The van der Waals surface area contributed by atoms with Crippen molar-refractivity contribution in [3.05, 3.63) is 40.7 Å². The lowest BCUT2D eigenvalue weighted by Crippen LogP contribution is -2.37. The van der Waals surface area contributed by atoms with Gasteiger partial charge >= 0.3 is 6.18 Å². The third-order valence-corrected chi connectivity index (χ3v) is 4.70. The van der Waals surface area contributed by atoms with E-state index in [4.69, 9.17) is 4.74 Å². The van der Waals surface area contributed by atoms with Crippen molar-refractivity contribution in [2.45, 2.75) is 31.5 Å². The number of nitrogens with zero attached hydrogens (tertiary/aromatic N) is 5. The molecular weight excluding hydrogens is 401 g/mol. The van der Waals surface area contributed by atoms with Gasteiger partial charge in [-0.25, -0.2) is 13.8 Å². The van der Waals surface area contributed by atoms with Gasteiger partial charge in [-0.1, -0.05) is 0 Å². The molecule has 1 aliphatic rings. The van der Waals surface area contributed by atoms with Crippen molar-refractivity contribution in [2.24, 2.45) is 5.92 Å². The standard InChI is InChI=1S/C17H14F5N5O2/c1-29-11-2-12-25-14(17(20,21)22)13(15(28)27(12)24-6-11)10-5-23-26(8-10)7-9-3-16(18,19)4-9/h2,5-6,8-9H,3-4,7H2,1H3. The summed E-state index contributed by atoms with van der Waals surface area (Å²) in [5, 5.41) is 7.72. The number of hydrogen-bond donors (Lipinski definition) is 0. The zero-order chi connectivity index (χ0) is 21.0. The molecule has 7 nitrogen and oxygen atoms in total. The molecule has 1 saturated carbocycles. The Morgan fingerprint density at radius 3 is 2.59 bits per heavy atom. The van der Waals surface area contributed by atoms with Gasteiger partial charge < -0.3 is 4.74 Å². The minimum atomic E-state index is -4.91. The Morgan fingerprint density at radius 2 is 1.97 bits per heavy atom. The molecule has 3 aromatic heterocycles. The highest BCUT2D eigenvalue weighted by atomic mass is 19.4. The van der Waals surface area contributed by atoms with Gasteiger partial charge in [-0.05, 0) is 5.92 Å². The van der Waals surface area contributed by atoms with Crippen LogP contribution in [0, 0.1) is 5.92 Å². The normalized spacial score (nSPS) is 16.8. The number of aromatic nitrogens is 5. The first-order chi connectivity index (χ1) is 13.6. The van der Waals surface area contributed by atoms with E-state index in [9.17, 15) is 26.7 Å². The molecular formula is C17H14F5N5O2. The third-order valence-electron chi connectivity index (χ3n) is 4.70. The van der Waals surface area contributed by atoms with E-state index >= 15 is 0 Å². The van der Waals surface area contributed by atoms with Crippen LogP contribution >= 0.6 is 0 Å². The van der Waals surface area contributed by atoms with E-state index in [-0.39, 0.29) is 42.3 Å². The number of rotatable bonds is 4. The molecule has 0 N–H and O–H groups in total. The second-order valence-electron chi connectivity index (χ2n) is 6.88. The van der Waals surface area contributed by atoms with E-state index in [1.54, 1.807) is 0 Å². The molecule has 3 heterocycles. The summed E-state index contributed by atoms with van der Waals surface area (Å²) in [5.41, 5.74) is -3.56. The third kappa shape index (κ3) is 3.54. The van der Waals surface area contributed by atoms with E-state index < -0.39 is 28.9 Å². The first kappa shape index (κ1) is 19.3. The van der Waals surface area contributed by atoms with Crippen LogP contribution < -0.4 is 10.3 Å². The summed E-state index contributed by atoms with van der Waals surface area (Å²) in [6, 6.07) is 1.16. The lowest BCUT2D eigenvalue weighted by molar-refractivity contribution is -0.140. The van der Waals surface area contributed by atoms with E-state index in [1.807, 2.05) is 0 Å². The molecule has 0 unspecified atom stereocenters. The lowest BCUT2D eigenvalue weighted by atomic mass is 9.81. The summed E-state index contributed by atoms with van der Waals surface area (Å²) in [7, 11) is 1.30. The van der Waals surface area contributed by atoms with Crippen LogP contribution in [0.2, 0.25) is 0 Å². The van der Waals surface area contributed by atoms with Gasteiger partial charge in [0.05, 0.1) is 25.1 Å². The monoisotopic (exact) mass is 415 g/mol. The summed E-state index contributed by atoms with van der Waals surface area (Å²) in [4.78, 5) is 16.3. The second-order valence-corrected chi connectivity index (χ2v) is 6.88. The van der Waals surface area contributed by atoms with Gasteiger partial charge in [0.1, 0.15) is 5.75 Å². The Bertz CT molecular complexity index is 1130. The first-order valence-corrected chi connectivity index (χ1v) is 8.52. The van der Waals surface area contributed by atoms with Crippen LogP contribution in [0.5, 0.6) is 5.75 Å². The molecule has 154 valence electrons. The Morgan fingerprint density at radius 1 is 1.24 bits per heavy atom. The SMILES string of the molecule is COc1cnn2c(=O)c(-c3cnn(CC4CC(F)(F)C4)c3)c(C(F)(F)F)nc2c1. The van der Waals surface area contributed by atoms with Crippen molar-refractivity contribution in [2.75, 3.05) is 7.11 Å². The van der Waals surface area contributed by atoms with Crippen LogP contribution in [0.25, 0.3) is 16.8 Å². The summed E-state index contributed by atoms with van der Waals surface area (Å²) in [5.74, 6) is -2.90. The summed E-state index contributed by atoms with van der Waals surface area (Å²) in [6.45, 7) is 0.120. The lowest BCUT2D eigenvalue weighted by Gasteiger charge is -2.34. The highest BCUT2D eigenvalue weighted by Gasteiger charge is 2.45. The molecule has 0 radical (unpaired) electrons. The molecule has 29 heavy (non-hydrogen) atoms. The molecule has 0 atom stereocenters. The highest BCUT2D eigenvalue weighted by Crippen LogP contribution is 2.43. The van der Waals surface area contributed by atoms with Crippen LogP contribution in [0.4, 0.5) is 22.0 Å². The molecule has 0 bridgehead atoms. The van der Waals surface area contributed by atoms with Crippen molar-refractivity contribution in [1.82, 2.24) is 24.4 Å².